The van der Waals surface area contributed by atoms with Crippen molar-refractivity contribution in [1.82, 2.24) is 19.4 Å². The van der Waals surface area contributed by atoms with Crippen LogP contribution in [0, 0.1) is 0 Å². The van der Waals surface area contributed by atoms with Crippen molar-refractivity contribution < 1.29 is 0 Å². The predicted octanol–water partition coefficient (Wildman–Crippen LogP) is 5.92. The quantitative estimate of drug-likeness (QED) is 0.405. The molecule has 154 valence electrons. The van der Waals surface area contributed by atoms with E-state index in [1.807, 2.05) is 43.0 Å². The maximum Gasteiger partial charge on any atom is 0.137 e. The van der Waals surface area contributed by atoms with Gasteiger partial charge in [-0.2, -0.15) is 0 Å². The van der Waals surface area contributed by atoms with Gasteiger partial charge >= 0.3 is 0 Å². The molecule has 4 nitrogen and oxygen atoms in total. The minimum Gasteiger partial charge on any atom is -0.307 e. The standard InChI is InChI=1S/C26H30N4/c1-18(2)21-13-20(14-27-15-21)12-19(3)23-10-9-22(16-28-23)26(4,5)24-17-30-11-7-6-8-25(30)29-24/h6-11,13-19H,12H2,1-5H3. The summed E-state index contributed by atoms with van der Waals surface area (Å²) in [5, 5.41) is 0. The zero-order valence-corrected chi connectivity index (χ0v) is 18.5. The van der Waals surface area contributed by atoms with Crippen LogP contribution in [0.25, 0.3) is 5.65 Å². The van der Waals surface area contributed by atoms with Crippen LogP contribution in [0.1, 0.15) is 74.5 Å². The fraction of sp³-hybridized carbons (Fsp3) is 0.346. The molecule has 1 atom stereocenters. The Bertz CT molecular complexity index is 1110. The Morgan fingerprint density at radius 2 is 1.83 bits per heavy atom. The van der Waals surface area contributed by atoms with Crippen molar-refractivity contribution in [2.24, 2.45) is 0 Å². The number of nitrogens with zero attached hydrogens (tertiary/aromatic N) is 4. The van der Waals surface area contributed by atoms with Crippen molar-refractivity contribution >= 4 is 5.65 Å². The van der Waals surface area contributed by atoms with Gasteiger partial charge in [0.15, 0.2) is 0 Å². The van der Waals surface area contributed by atoms with E-state index < -0.39 is 0 Å². The molecule has 0 radical (unpaired) electrons. The van der Waals surface area contributed by atoms with Crippen molar-refractivity contribution in [3.63, 3.8) is 0 Å². The summed E-state index contributed by atoms with van der Waals surface area (Å²) in [6.45, 7) is 11.1. The van der Waals surface area contributed by atoms with Crippen LogP contribution >= 0.6 is 0 Å². The van der Waals surface area contributed by atoms with Gasteiger partial charge in [0.1, 0.15) is 5.65 Å². The Balaban J connectivity index is 1.53. The SMILES string of the molecule is CC(C)c1cncc(CC(C)c2ccc(C(C)(C)c3cn4ccccc4n3)cn2)c1. The molecule has 0 amide bonds. The van der Waals surface area contributed by atoms with Crippen molar-refractivity contribution in [2.45, 2.75) is 58.3 Å². The van der Waals surface area contributed by atoms with Crippen molar-refractivity contribution in [2.75, 3.05) is 0 Å². The van der Waals surface area contributed by atoms with Gasteiger partial charge in [-0.25, -0.2) is 4.98 Å². The summed E-state index contributed by atoms with van der Waals surface area (Å²) >= 11 is 0. The fourth-order valence-corrected chi connectivity index (χ4v) is 3.84. The summed E-state index contributed by atoms with van der Waals surface area (Å²) in [6.07, 6.45) is 11.0. The summed E-state index contributed by atoms with van der Waals surface area (Å²) in [5.74, 6) is 0.827. The average molecular weight is 399 g/mol. The first kappa shape index (κ1) is 20.3. The largest absolute Gasteiger partial charge is 0.307 e. The summed E-state index contributed by atoms with van der Waals surface area (Å²) in [4.78, 5) is 14.1. The van der Waals surface area contributed by atoms with Gasteiger partial charge in [-0.3, -0.25) is 9.97 Å². The maximum absolute atomic E-state index is 4.82. The second kappa shape index (κ2) is 8.02. The summed E-state index contributed by atoms with van der Waals surface area (Å²) < 4.78 is 2.07. The zero-order chi connectivity index (χ0) is 21.3. The summed E-state index contributed by atoms with van der Waals surface area (Å²) in [5.41, 5.74) is 6.64. The highest BCUT2D eigenvalue weighted by Crippen LogP contribution is 2.31. The normalized spacial score (nSPS) is 13.1. The number of rotatable bonds is 6. The van der Waals surface area contributed by atoms with Gasteiger partial charge in [0.05, 0.1) is 5.69 Å². The van der Waals surface area contributed by atoms with E-state index in [0.29, 0.717) is 11.8 Å². The molecular formula is C26H30N4. The molecule has 0 fully saturated rings. The van der Waals surface area contributed by atoms with E-state index in [-0.39, 0.29) is 5.41 Å². The van der Waals surface area contributed by atoms with Crippen LogP contribution < -0.4 is 0 Å². The van der Waals surface area contributed by atoms with Crippen molar-refractivity contribution in [3.8, 4) is 0 Å². The average Bonchev–Trinajstić information content (AvgIpc) is 3.19. The van der Waals surface area contributed by atoms with Gasteiger partial charge < -0.3 is 4.40 Å². The highest BCUT2D eigenvalue weighted by atomic mass is 15.0. The summed E-state index contributed by atoms with van der Waals surface area (Å²) in [7, 11) is 0. The molecule has 0 saturated heterocycles. The second-order valence-electron chi connectivity index (χ2n) is 9.08. The van der Waals surface area contributed by atoms with Crippen molar-refractivity contribution in [1.29, 1.82) is 0 Å². The smallest absolute Gasteiger partial charge is 0.137 e. The number of hydrogen-bond acceptors (Lipinski definition) is 3. The van der Waals surface area contributed by atoms with Gasteiger partial charge in [0.2, 0.25) is 0 Å². The third-order valence-corrected chi connectivity index (χ3v) is 6.04. The molecule has 4 aromatic heterocycles. The van der Waals surface area contributed by atoms with Crippen LogP contribution in [-0.2, 0) is 11.8 Å². The minimum atomic E-state index is -0.212. The number of imidazole rings is 1. The molecule has 4 heteroatoms. The molecule has 0 aliphatic carbocycles. The fourth-order valence-electron chi connectivity index (χ4n) is 3.84. The van der Waals surface area contributed by atoms with Crippen LogP contribution in [0.5, 0.6) is 0 Å². The molecule has 0 N–H and O–H groups in total. The van der Waals surface area contributed by atoms with E-state index in [1.54, 1.807) is 0 Å². The molecule has 4 heterocycles. The maximum atomic E-state index is 4.82. The molecule has 4 aromatic rings. The molecule has 30 heavy (non-hydrogen) atoms. The Morgan fingerprint density at radius 3 is 2.53 bits per heavy atom. The molecular weight excluding hydrogens is 368 g/mol. The third kappa shape index (κ3) is 4.00. The molecule has 0 bridgehead atoms. The van der Waals surface area contributed by atoms with E-state index >= 15 is 0 Å². The highest BCUT2D eigenvalue weighted by molar-refractivity contribution is 5.43. The minimum absolute atomic E-state index is 0.212. The van der Waals surface area contributed by atoms with Crippen molar-refractivity contribution in [3.05, 3.63) is 95.5 Å². The van der Waals surface area contributed by atoms with Gasteiger partial charge in [-0.05, 0) is 47.2 Å². The number of pyridine rings is 3. The van der Waals surface area contributed by atoms with E-state index in [0.717, 1.165) is 23.5 Å². The summed E-state index contributed by atoms with van der Waals surface area (Å²) in [6, 6.07) is 12.7. The Labute approximate surface area is 179 Å². The van der Waals surface area contributed by atoms with Crippen LogP contribution in [0.4, 0.5) is 0 Å². The second-order valence-corrected chi connectivity index (χ2v) is 9.08. The monoisotopic (exact) mass is 398 g/mol. The molecule has 4 rings (SSSR count). The first-order chi connectivity index (χ1) is 14.3. The van der Waals surface area contributed by atoms with Crippen LogP contribution in [-0.4, -0.2) is 19.4 Å². The molecule has 0 aromatic carbocycles. The van der Waals surface area contributed by atoms with Gasteiger partial charge in [-0.1, -0.05) is 52.8 Å². The zero-order valence-electron chi connectivity index (χ0n) is 18.5. The Morgan fingerprint density at radius 1 is 1.00 bits per heavy atom. The lowest BCUT2D eigenvalue weighted by Gasteiger charge is -2.23. The number of hydrogen-bond donors (Lipinski definition) is 0. The molecule has 0 aliphatic rings. The lowest BCUT2D eigenvalue weighted by Crippen LogP contribution is -2.20. The van der Waals surface area contributed by atoms with E-state index in [9.17, 15) is 0 Å². The van der Waals surface area contributed by atoms with E-state index in [1.165, 1.54) is 16.7 Å². The number of fused-ring (bicyclic) bond motifs is 1. The lowest BCUT2D eigenvalue weighted by atomic mass is 9.82. The molecule has 0 saturated carbocycles. The van der Waals surface area contributed by atoms with Gasteiger partial charge in [-0.15, -0.1) is 0 Å². The third-order valence-electron chi connectivity index (χ3n) is 6.04. The van der Waals surface area contributed by atoms with E-state index in [2.05, 4.69) is 68.4 Å². The first-order valence-corrected chi connectivity index (χ1v) is 10.7. The highest BCUT2D eigenvalue weighted by Gasteiger charge is 2.27. The molecule has 0 aliphatic heterocycles. The van der Waals surface area contributed by atoms with Crippen LogP contribution in [0.3, 0.4) is 0 Å². The van der Waals surface area contributed by atoms with Gasteiger partial charge in [0.25, 0.3) is 0 Å². The Kier molecular flexibility index (Phi) is 5.42. The lowest BCUT2D eigenvalue weighted by molar-refractivity contribution is 0.615. The number of aromatic nitrogens is 4. The predicted molar refractivity (Wildman–Crippen MR) is 122 cm³/mol. The topological polar surface area (TPSA) is 43.1 Å². The molecule has 0 spiro atoms. The molecule has 1 unspecified atom stereocenters. The van der Waals surface area contributed by atoms with Gasteiger partial charge in [0, 0.05) is 48.0 Å². The van der Waals surface area contributed by atoms with Crippen LogP contribution in [0.2, 0.25) is 0 Å². The van der Waals surface area contributed by atoms with Crippen LogP contribution in [0.15, 0.2) is 67.4 Å². The van der Waals surface area contributed by atoms with E-state index in [4.69, 9.17) is 9.97 Å². The first-order valence-electron chi connectivity index (χ1n) is 10.7. The Hall–Kier alpha value is -3.01.